The van der Waals surface area contributed by atoms with E-state index in [0.29, 0.717) is 20.8 Å². The average molecular weight is 291 g/mol. The summed E-state index contributed by atoms with van der Waals surface area (Å²) < 4.78 is 0. The van der Waals surface area contributed by atoms with Gasteiger partial charge in [-0.1, -0.05) is 41.2 Å². The minimum absolute atomic E-state index is 0.433. The molecule has 0 aliphatic heterocycles. The van der Waals surface area contributed by atoms with Gasteiger partial charge in [0.2, 0.25) is 0 Å². The Labute approximate surface area is 115 Å². The summed E-state index contributed by atoms with van der Waals surface area (Å²) in [4.78, 5) is 4.23. The second-order valence-corrected chi connectivity index (χ2v) is 5.30. The Balaban J connectivity index is 2.32. The number of rotatable bonds is 1. The van der Waals surface area contributed by atoms with E-state index < -0.39 is 0 Å². The van der Waals surface area contributed by atoms with Crippen molar-refractivity contribution in [1.82, 2.24) is 0 Å². The van der Waals surface area contributed by atoms with Crippen molar-refractivity contribution in [2.24, 2.45) is 5.11 Å². The monoisotopic (exact) mass is 289 g/mol. The molecule has 1 aromatic rings. The van der Waals surface area contributed by atoms with Gasteiger partial charge in [0.05, 0.1) is 14.8 Å². The Bertz CT molecular complexity index is 460. The minimum atomic E-state index is 0.433. The van der Waals surface area contributed by atoms with Crippen LogP contribution in [-0.4, -0.2) is 10.5 Å². The first-order valence-electron chi connectivity index (χ1n) is 5.58. The first-order chi connectivity index (χ1) is 8.16. The van der Waals surface area contributed by atoms with Crippen LogP contribution in [0.3, 0.4) is 0 Å². The topological polar surface area (TPSA) is 26.5 Å². The molecule has 0 atom stereocenters. The van der Waals surface area contributed by atoms with Crippen LogP contribution in [0.5, 0.6) is 0 Å². The molecule has 1 fully saturated rings. The Morgan fingerprint density at radius 1 is 0.941 bits per heavy atom. The fourth-order valence-electron chi connectivity index (χ4n) is 1.81. The van der Waals surface area contributed by atoms with Crippen molar-refractivity contribution >= 4 is 46.2 Å². The van der Waals surface area contributed by atoms with Crippen molar-refractivity contribution in [3.05, 3.63) is 27.2 Å². The summed E-state index contributed by atoms with van der Waals surface area (Å²) in [5.74, 6) is 0. The van der Waals surface area contributed by atoms with Gasteiger partial charge in [-0.3, -0.25) is 0 Å². The third-order valence-corrected chi connectivity index (χ3v) is 3.50. The van der Waals surface area contributed by atoms with Gasteiger partial charge < -0.3 is 0 Å². The van der Waals surface area contributed by atoms with Gasteiger partial charge in [0, 0.05) is 17.9 Å². The number of nitrogens with zero attached hydrogens (tertiary/aromatic N) is 2. The molecule has 1 aliphatic rings. The zero-order valence-electron chi connectivity index (χ0n) is 9.22. The van der Waals surface area contributed by atoms with Gasteiger partial charge in [-0.15, -0.1) is 0 Å². The van der Waals surface area contributed by atoms with Crippen LogP contribution in [0.2, 0.25) is 15.1 Å². The summed E-state index contributed by atoms with van der Waals surface area (Å²) in [7, 11) is 0. The van der Waals surface area contributed by atoms with Gasteiger partial charge in [0.15, 0.2) is 5.69 Å². The molecule has 1 aliphatic carbocycles. The summed E-state index contributed by atoms with van der Waals surface area (Å²) >= 11 is 17.9. The molecule has 0 saturated heterocycles. The van der Waals surface area contributed by atoms with Gasteiger partial charge in [-0.2, -0.15) is 0 Å². The Morgan fingerprint density at radius 2 is 1.53 bits per heavy atom. The van der Waals surface area contributed by atoms with Crippen LogP contribution in [0, 0.1) is 0 Å². The van der Waals surface area contributed by atoms with E-state index in [9.17, 15) is 0 Å². The molecule has 0 amide bonds. The predicted octanol–water partition coefficient (Wildman–Crippen LogP) is 5.34. The summed E-state index contributed by atoms with van der Waals surface area (Å²) in [5, 5.41) is 5.51. The van der Waals surface area contributed by atoms with Crippen LogP contribution in [-0.2, 0) is 0 Å². The maximum atomic E-state index is 6.02. The zero-order chi connectivity index (χ0) is 12.3. The maximum Gasteiger partial charge on any atom is 0.318 e. The maximum absolute atomic E-state index is 6.02. The Hall–Kier alpha value is -0.530. The molecule has 90 valence electrons. The second kappa shape index (κ2) is 5.88. The largest absolute Gasteiger partial charge is 0.318 e. The second-order valence-electron chi connectivity index (χ2n) is 4.04. The van der Waals surface area contributed by atoms with Crippen LogP contribution in [0.25, 0.3) is 0 Å². The van der Waals surface area contributed by atoms with Crippen molar-refractivity contribution in [2.75, 3.05) is 0 Å². The van der Waals surface area contributed by atoms with Crippen LogP contribution in [0.15, 0.2) is 17.2 Å². The third kappa shape index (κ3) is 3.46. The lowest BCUT2D eigenvalue weighted by Crippen LogP contribution is -2.05. The van der Waals surface area contributed by atoms with Crippen LogP contribution < -0.4 is 0 Å². The number of hydrogen-bond acceptors (Lipinski definition) is 1. The van der Waals surface area contributed by atoms with E-state index in [0.717, 1.165) is 18.6 Å². The highest BCUT2D eigenvalue weighted by Gasteiger charge is 2.17. The van der Waals surface area contributed by atoms with Crippen LogP contribution in [0.1, 0.15) is 32.1 Å². The van der Waals surface area contributed by atoms with E-state index in [4.69, 9.17) is 34.8 Å². The normalized spacial score (nSPS) is 15.6. The highest BCUT2D eigenvalue weighted by Crippen LogP contribution is 2.35. The van der Waals surface area contributed by atoms with Crippen LogP contribution in [0.4, 0.5) is 5.69 Å². The van der Waals surface area contributed by atoms with Gasteiger partial charge in [0.25, 0.3) is 0 Å². The molecule has 1 aromatic carbocycles. The first-order valence-corrected chi connectivity index (χ1v) is 6.71. The lowest BCUT2D eigenvalue weighted by Gasteiger charge is -2.01. The third-order valence-electron chi connectivity index (χ3n) is 2.70. The fraction of sp³-hybridized carbons (Fsp3) is 0.417. The zero-order valence-corrected chi connectivity index (χ0v) is 11.5. The molecule has 5 heteroatoms. The predicted molar refractivity (Wildman–Crippen MR) is 71.9 cm³/mol. The Morgan fingerprint density at radius 3 is 2.12 bits per heavy atom. The highest BCUT2D eigenvalue weighted by atomic mass is 35.5. The number of halogens is 3. The lowest BCUT2D eigenvalue weighted by molar-refractivity contribution is -0.0837. The van der Waals surface area contributed by atoms with Gasteiger partial charge in [-0.25, -0.2) is 0 Å². The number of hydrogen-bond donors (Lipinski definition) is 0. The quantitative estimate of drug-likeness (QED) is 0.493. The molecule has 17 heavy (non-hydrogen) atoms. The molecule has 0 aromatic heterocycles. The molecule has 2 nitrogen and oxygen atoms in total. The highest BCUT2D eigenvalue weighted by molar-refractivity contribution is 6.41. The van der Waals surface area contributed by atoms with E-state index in [1.807, 2.05) is 0 Å². The van der Waals surface area contributed by atoms with Gasteiger partial charge >= 0.3 is 5.71 Å². The van der Waals surface area contributed by atoms with Crippen LogP contribution >= 0.6 is 34.8 Å². The minimum Gasteiger partial charge on any atom is -0.0842 e. The van der Waals surface area contributed by atoms with Gasteiger partial charge in [0.1, 0.15) is 5.11 Å². The molecule has 0 unspecified atom stereocenters. The van der Waals surface area contributed by atoms with E-state index >= 15 is 0 Å². The molecule has 0 heterocycles. The fourth-order valence-corrected chi connectivity index (χ4v) is 2.70. The summed E-state index contributed by atoms with van der Waals surface area (Å²) in [6.07, 6.45) is 5.70. The van der Waals surface area contributed by atoms with Gasteiger partial charge in [-0.05, 0) is 25.0 Å². The molecule has 0 N–H and O–H groups in total. The summed E-state index contributed by atoms with van der Waals surface area (Å²) in [6.45, 7) is 0. The molecule has 0 spiro atoms. The smallest absolute Gasteiger partial charge is 0.0842 e. The molecular formula is C12H12Cl3N2+. The van der Waals surface area contributed by atoms with Crippen molar-refractivity contribution < 1.29 is 4.79 Å². The van der Waals surface area contributed by atoms with Crippen molar-refractivity contribution in [3.8, 4) is 0 Å². The van der Waals surface area contributed by atoms with Crippen molar-refractivity contribution in [1.29, 1.82) is 0 Å². The molecular weight excluding hydrogens is 279 g/mol. The SMILES string of the molecule is Clc1cc(Cl)c(N=[N+]=C2CCCCC2)c(Cl)c1. The summed E-state index contributed by atoms with van der Waals surface area (Å²) in [6, 6.07) is 3.24. The standard InChI is InChI=1S/C12H12Cl3N2/c13-8-6-10(14)12(11(15)7-8)17-16-9-4-2-1-3-5-9/h6-7H,1-5H2/q+1. The number of benzene rings is 1. The lowest BCUT2D eigenvalue weighted by atomic mass is 9.99. The van der Waals surface area contributed by atoms with E-state index in [1.54, 1.807) is 12.1 Å². The summed E-state index contributed by atoms with van der Waals surface area (Å²) in [5.41, 5.74) is 1.62. The first kappa shape index (κ1) is 12.9. The average Bonchev–Trinajstić information content (AvgIpc) is 2.29. The van der Waals surface area contributed by atoms with E-state index in [1.165, 1.54) is 19.3 Å². The van der Waals surface area contributed by atoms with E-state index in [-0.39, 0.29) is 0 Å². The van der Waals surface area contributed by atoms with E-state index in [2.05, 4.69) is 9.90 Å². The molecule has 0 bridgehead atoms. The van der Waals surface area contributed by atoms with Crippen molar-refractivity contribution in [2.45, 2.75) is 32.1 Å². The Kier molecular flexibility index (Phi) is 4.47. The van der Waals surface area contributed by atoms with Crippen molar-refractivity contribution in [3.63, 3.8) is 0 Å². The molecule has 0 radical (unpaired) electrons. The molecule has 1 saturated carbocycles. The molecule has 2 rings (SSSR count).